The van der Waals surface area contributed by atoms with Crippen molar-refractivity contribution in [3.63, 3.8) is 0 Å². The van der Waals surface area contributed by atoms with E-state index in [0.29, 0.717) is 12.0 Å². The molecule has 2 fully saturated rings. The van der Waals surface area contributed by atoms with Gasteiger partial charge in [0.05, 0.1) is 16.7 Å². The van der Waals surface area contributed by atoms with Crippen LogP contribution in [0.4, 0.5) is 0 Å². The molecule has 3 rings (SSSR count). The van der Waals surface area contributed by atoms with Gasteiger partial charge in [0, 0.05) is 17.8 Å². The Kier molecular flexibility index (Phi) is 2.96. The first-order valence-electron chi connectivity index (χ1n) is 6.20. The molecule has 3 nitrogen and oxygen atoms in total. The highest BCUT2D eigenvalue weighted by atomic mass is 32.1. The van der Waals surface area contributed by atoms with E-state index in [1.54, 1.807) is 0 Å². The monoisotopic (exact) mass is 237 g/mol. The zero-order valence-electron chi connectivity index (χ0n) is 9.78. The minimum absolute atomic E-state index is 0.532. The van der Waals surface area contributed by atoms with Gasteiger partial charge in [-0.15, -0.1) is 11.3 Å². The molecule has 88 valence electrons. The van der Waals surface area contributed by atoms with Gasteiger partial charge < -0.3 is 10.2 Å². The van der Waals surface area contributed by atoms with Gasteiger partial charge in [0.1, 0.15) is 0 Å². The van der Waals surface area contributed by atoms with Crippen molar-refractivity contribution in [1.29, 1.82) is 0 Å². The van der Waals surface area contributed by atoms with Crippen LogP contribution in [0.15, 0.2) is 5.38 Å². The molecule has 2 atom stereocenters. The van der Waals surface area contributed by atoms with Gasteiger partial charge in [-0.25, -0.2) is 4.98 Å². The quantitative estimate of drug-likeness (QED) is 0.852. The summed E-state index contributed by atoms with van der Waals surface area (Å²) in [6, 6.07) is 0.532. The Labute approximate surface area is 101 Å². The third-order valence-corrected chi connectivity index (χ3v) is 4.72. The van der Waals surface area contributed by atoms with Crippen LogP contribution >= 0.6 is 11.3 Å². The molecule has 4 heteroatoms. The topological polar surface area (TPSA) is 28.2 Å². The van der Waals surface area contributed by atoms with Gasteiger partial charge in [-0.1, -0.05) is 0 Å². The summed E-state index contributed by atoms with van der Waals surface area (Å²) in [5.74, 6) is 0.685. The first-order valence-corrected chi connectivity index (χ1v) is 7.08. The lowest BCUT2D eigenvalue weighted by molar-refractivity contribution is 0.411. The number of likely N-dealkylation sites (N-methyl/N-ethyl adjacent to an activating group) is 1. The van der Waals surface area contributed by atoms with Crippen molar-refractivity contribution >= 4 is 11.3 Å². The van der Waals surface area contributed by atoms with E-state index in [2.05, 4.69) is 22.6 Å². The summed E-state index contributed by atoms with van der Waals surface area (Å²) in [4.78, 5) is 7.24. The van der Waals surface area contributed by atoms with E-state index in [0.717, 1.165) is 6.54 Å². The highest BCUT2D eigenvalue weighted by Crippen LogP contribution is 2.31. The van der Waals surface area contributed by atoms with Gasteiger partial charge in [0.2, 0.25) is 0 Å². The molecule has 0 saturated carbocycles. The average Bonchev–Trinajstić information content (AvgIpc) is 2.97. The molecular weight excluding hydrogens is 218 g/mol. The molecule has 0 amide bonds. The van der Waals surface area contributed by atoms with Crippen LogP contribution in [0.25, 0.3) is 0 Å². The second-order valence-electron chi connectivity index (χ2n) is 5.01. The number of hydrogen-bond acceptors (Lipinski definition) is 4. The number of aromatic nitrogens is 1. The van der Waals surface area contributed by atoms with E-state index < -0.39 is 0 Å². The summed E-state index contributed by atoms with van der Waals surface area (Å²) < 4.78 is 0. The number of nitrogens with zero attached hydrogens (tertiary/aromatic N) is 2. The summed E-state index contributed by atoms with van der Waals surface area (Å²) in [5, 5.41) is 7.13. The highest BCUT2D eigenvalue weighted by Gasteiger charge is 2.25. The Bertz CT molecular complexity index is 357. The summed E-state index contributed by atoms with van der Waals surface area (Å²) in [7, 11) is 2.20. The molecule has 1 aromatic rings. The molecule has 1 N–H and O–H groups in total. The Morgan fingerprint density at radius 2 is 2.44 bits per heavy atom. The van der Waals surface area contributed by atoms with E-state index in [1.807, 2.05) is 11.3 Å². The molecule has 16 heavy (non-hydrogen) atoms. The fourth-order valence-corrected chi connectivity index (χ4v) is 3.72. The van der Waals surface area contributed by atoms with Crippen LogP contribution in [0.1, 0.15) is 41.9 Å². The predicted molar refractivity (Wildman–Crippen MR) is 66.9 cm³/mol. The van der Waals surface area contributed by atoms with E-state index in [4.69, 9.17) is 4.98 Å². The van der Waals surface area contributed by atoms with Crippen molar-refractivity contribution in [1.82, 2.24) is 15.2 Å². The molecule has 0 radical (unpaired) electrons. The molecule has 2 unspecified atom stereocenters. The lowest BCUT2D eigenvalue weighted by Gasteiger charge is -2.08. The molecule has 3 heterocycles. The number of thiazole rings is 1. The van der Waals surface area contributed by atoms with Gasteiger partial charge >= 0.3 is 0 Å². The van der Waals surface area contributed by atoms with Crippen LogP contribution in [-0.2, 0) is 0 Å². The van der Waals surface area contributed by atoms with Crippen molar-refractivity contribution in [2.75, 3.05) is 26.7 Å². The number of nitrogens with one attached hydrogen (secondary N) is 1. The van der Waals surface area contributed by atoms with E-state index in [9.17, 15) is 0 Å². The van der Waals surface area contributed by atoms with E-state index in [1.165, 1.54) is 43.1 Å². The maximum Gasteiger partial charge on any atom is 0.0973 e. The molecule has 2 aliphatic rings. The van der Waals surface area contributed by atoms with Gasteiger partial charge in [-0.3, -0.25) is 0 Å². The maximum absolute atomic E-state index is 4.84. The van der Waals surface area contributed by atoms with Crippen molar-refractivity contribution in [2.45, 2.75) is 31.2 Å². The van der Waals surface area contributed by atoms with Gasteiger partial charge in [0.15, 0.2) is 0 Å². The van der Waals surface area contributed by atoms with Crippen LogP contribution in [-0.4, -0.2) is 36.6 Å². The summed E-state index contributed by atoms with van der Waals surface area (Å²) in [5.41, 5.74) is 1.28. The molecule has 0 bridgehead atoms. The van der Waals surface area contributed by atoms with Gasteiger partial charge in [-0.2, -0.15) is 0 Å². The maximum atomic E-state index is 4.84. The lowest BCUT2D eigenvalue weighted by Crippen LogP contribution is -2.14. The van der Waals surface area contributed by atoms with Crippen LogP contribution < -0.4 is 5.32 Å². The zero-order chi connectivity index (χ0) is 11.0. The molecule has 2 saturated heterocycles. The Morgan fingerprint density at radius 1 is 1.50 bits per heavy atom. The molecule has 1 aromatic heterocycles. The minimum atomic E-state index is 0.532. The summed E-state index contributed by atoms with van der Waals surface area (Å²) in [6.07, 6.45) is 3.83. The van der Waals surface area contributed by atoms with Crippen LogP contribution in [0, 0.1) is 0 Å². The highest BCUT2D eigenvalue weighted by molar-refractivity contribution is 7.09. The number of hydrogen-bond donors (Lipinski definition) is 1. The SMILES string of the molecule is CN1CCC(c2nc(C3CCCN3)cs2)C1. The minimum Gasteiger partial charge on any atom is -0.309 e. The third kappa shape index (κ3) is 2.01. The Morgan fingerprint density at radius 3 is 3.12 bits per heavy atom. The smallest absolute Gasteiger partial charge is 0.0973 e. The lowest BCUT2D eigenvalue weighted by atomic mass is 10.1. The van der Waals surface area contributed by atoms with Crippen molar-refractivity contribution in [2.24, 2.45) is 0 Å². The first-order chi connectivity index (χ1) is 7.83. The predicted octanol–water partition coefficient (Wildman–Crippen LogP) is 1.99. The third-order valence-electron chi connectivity index (χ3n) is 3.70. The second-order valence-corrected chi connectivity index (χ2v) is 5.90. The van der Waals surface area contributed by atoms with Crippen molar-refractivity contribution in [3.05, 3.63) is 16.1 Å². The zero-order valence-corrected chi connectivity index (χ0v) is 10.6. The van der Waals surface area contributed by atoms with Crippen LogP contribution in [0.2, 0.25) is 0 Å². The Balaban J connectivity index is 1.72. The summed E-state index contributed by atoms with van der Waals surface area (Å²) >= 11 is 1.86. The molecule has 0 aromatic carbocycles. The fraction of sp³-hybridized carbons (Fsp3) is 0.750. The molecular formula is C12H19N3S. The second kappa shape index (κ2) is 4.43. The van der Waals surface area contributed by atoms with E-state index in [-0.39, 0.29) is 0 Å². The summed E-state index contributed by atoms with van der Waals surface area (Å²) in [6.45, 7) is 3.57. The van der Waals surface area contributed by atoms with Crippen LogP contribution in [0.3, 0.4) is 0 Å². The van der Waals surface area contributed by atoms with E-state index >= 15 is 0 Å². The normalized spacial score (nSPS) is 31.3. The first kappa shape index (κ1) is 10.7. The standard InChI is InChI=1S/C12H19N3S/c1-15-6-4-9(7-15)12-14-11(8-16-12)10-3-2-5-13-10/h8-10,13H,2-7H2,1H3. The van der Waals surface area contributed by atoms with Gasteiger partial charge in [0.25, 0.3) is 0 Å². The van der Waals surface area contributed by atoms with Crippen molar-refractivity contribution in [3.8, 4) is 0 Å². The largest absolute Gasteiger partial charge is 0.309 e. The molecule has 0 aliphatic carbocycles. The number of likely N-dealkylation sites (tertiary alicyclic amines) is 1. The fourth-order valence-electron chi connectivity index (χ4n) is 2.72. The Hall–Kier alpha value is -0.450. The molecule has 2 aliphatic heterocycles. The van der Waals surface area contributed by atoms with Crippen molar-refractivity contribution < 1.29 is 0 Å². The average molecular weight is 237 g/mol. The number of rotatable bonds is 2. The van der Waals surface area contributed by atoms with Crippen LogP contribution in [0.5, 0.6) is 0 Å². The molecule has 0 spiro atoms. The van der Waals surface area contributed by atoms with Gasteiger partial charge in [-0.05, 0) is 39.4 Å².